The molecule has 0 spiro atoms. The number of halogens is 1. The van der Waals surface area contributed by atoms with Gasteiger partial charge in [0.1, 0.15) is 0 Å². The summed E-state index contributed by atoms with van der Waals surface area (Å²) in [5.74, 6) is -1.15. The smallest absolute Gasteiger partial charge is 0.356 e. The quantitative estimate of drug-likeness (QED) is 0.692. The summed E-state index contributed by atoms with van der Waals surface area (Å²) in [7, 11) is 0. The molecule has 2 rings (SSSR count). The van der Waals surface area contributed by atoms with Gasteiger partial charge in [-0.1, -0.05) is 0 Å². The minimum atomic E-state index is -1.15. The van der Waals surface area contributed by atoms with Crippen LogP contribution in [0.25, 0.3) is 5.69 Å². The summed E-state index contributed by atoms with van der Waals surface area (Å²) >= 11 is 3.07. The molecule has 1 N–H and O–H groups in total. The molecule has 0 saturated carbocycles. The topological polar surface area (TPSA) is 98.3 Å². The molecular weight excluding hydrogens is 306 g/mol. The van der Waals surface area contributed by atoms with Crippen LogP contribution in [0.3, 0.4) is 0 Å². The van der Waals surface area contributed by atoms with Gasteiger partial charge in [0.15, 0.2) is 5.69 Å². The highest BCUT2D eigenvalue weighted by atomic mass is 79.9. The van der Waals surface area contributed by atoms with E-state index in [4.69, 9.17) is 5.11 Å². The average molecular weight is 312 g/mol. The third-order valence-corrected chi connectivity index (χ3v) is 2.87. The number of carboxylic acid groups (broad SMARTS) is 1. The molecule has 1 aromatic carbocycles. The Morgan fingerprint density at radius 2 is 2.17 bits per heavy atom. The lowest BCUT2D eigenvalue weighted by atomic mass is 10.3. The number of aromatic carboxylic acids is 1. The molecule has 0 aliphatic carbocycles. The summed E-state index contributed by atoms with van der Waals surface area (Å²) in [4.78, 5) is 20.9. The zero-order valence-electron chi connectivity index (χ0n) is 8.78. The second-order valence-electron chi connectivity index (χ2n) is 3.34. The van der Waals surface area contributed by atoms with Crippen LogP contribution in [0.5, 0.6) is 0 Å². The Balaban J connectivity index is 2.47. The number of nitro benzene ring substituents is 1. The fourth-order valence-corrected chi connectivity index (χ4v) is 1.76. The molecule has 0 aliphatic rings. The zero-order valence-corrected chi connectivity index (χ0v) is 10.4. The first-order valence-corrected chi connectivity index (χ1v) is 5.51. The Bertz CT molecular complexity index is 638. The molecule has 7 nitrogen and oxygen atoms in total. The molecule has 0 atom stereocenters. The number of hydrogen-bond donors (Lipinski definition) is 1. The Labute approximate surface area is 109 Å². The summed E-state index contributed by atoms with van der Waals surface area (Å²) in [6.45, 7) is 0. The van der Waals surface area contributed by atoms with E-state index in [9.17, 15) is 14.9 Å². The fraction of sp³-hybridized carbons (Fsp3) is 0. The third kappa shape index (κ3) is 2.23. The van der Waals surface area contributed by atoms with Crippen LogP contribution in [0.2, 0.25) is 0 Å². The first-order valence-electron chi connectivity index (χ1n) is 4.72. The molecule has 0 aliphatic heterocycles. The van der Waals surface area contributed by atoms with E-state index in [-0.39, 0.29) is 11.4 Å². The first-order chi connectivity index (χ1) is 8.49. The van der Waals surface area contributed by atoms with Crippen LogP contribution < -0.4 is 0 Å². The maximum atomic E-state index is 10.8. The van der Waals surface area contributed by atoms with Crippen molar-refractivity contribution in [1.29, 1.82) is 0 Å². The molecule has 8 heteroatoms. The van der Waals surface area contributed by atoms with Crippen LogP contribution in [0, 0.1) is 10.1 Å². The normalized spacial score (nSPS) is 10.3. The largest absolute Gasteiger partial charge is 0.476 e. The number of hydrogen-bond acceptors (Lipinski definition) is 4. The Morgan fingerprint density at radius 3 is 2.72 bits per heavy atom. The van der Waals surface area contributed by atoms with Crippen LogP contribution in [-0.4, -0.2) is 25.8 Å². The molecule has 92 valence electrons. The van der Waals surface area contributed by atoms with Crippen molar-refractivity contribution in [1.82, 2.24) is 9.78 Å². The second-order valence-corrected chi connectivity index (χ2v) is 4.20. The van der Waals surface area contributed by atoms with E-state index in [1.165, 1.54) is 29.1 Å². The van der Waals surface area contributed by atoms with E-state index in [1.807, 2.05) is 0 Å². The number of rotatable bonds is 3. The highest BCUT2D eigenvalue weighted by molar-refractivity contribution is 9.10. The van der Waals surface area contributed by atoms with E-state index in [1.54, 1.807) is 6.07 Å². The highest BCUT2D eigenvalue weighted by Gasteiger charge is 2.14. The predicted octanol–water partition coefficient (Wildman–Crippen LogP) is 2.24. The van der Waals surface area contributed by atoms with Gasteiger partial charge in [0.05, 0.1) is 15.1 Å². The highest BCUT2D eigenvalue weighted by Crippen LogP contribution is 2.26. The monoisotopic (exact) mass is 311 g/mol. The number of carboxylic acids is 1. The average Bonchev–Trinajstić information content (AvgIpc) is 2.78. The molecule has 0 radical (unpaired) electrons. The number of carbonyl (C=O) groups is 1. The molecule has 0 saturated heterocycles. The first kappa shape index (κ1) is 12.2. The standard InChI is InChI=1S/C10H6BrN3O4/c11-7-2-1-6(5-9(7)14(17)18)13-4-3-8(12-13)10(15)16/h1-5H,(H,15,16). The van der Waals surface area contributed by atoms with Crippen molar-refractivity contribution >= 4 is 27.6 Å². The number of aromatic nitrogens is 2. The summed E-state index contributed by atoms with van der Waals surface area (Å²) in [5, 5.41) is 23.3. The van der Waals surface area contributed by atoms with Crippen molar-refractivity contribution in [3.05, 3.63) is 50.7 Å². The van der Waals surface area contributed by atoms with E-state index in [0.29, 0.717) is 10.2 Å². The molecule has 18 heavy (non-hydrogen) atoms. The van der Waals surface area contributed by atoms with Crippen LogP contribution in [-0.2, 0) is 0 Å². The minimum Gasteiger partial charge on any atom is -0.476 e. The van der Waals surface area contributed by atoms with E-state index in [0.717, 1.165) is 0 Å². The van der Waals surface area contributed by atoms with Gasteiger partial charge >= 0.3 is 5.97 Å². The van der Waals surface area contributed by atoms with Gasteiger partial charge in [0, 0.05) is 12.3 Å². The van der Waals surface area contributed by atoms with Crippen molar-refractivity contribution < 1.29 is 14.8 Å². The summed E-state index contributed by atoms with van der Waals surface area (Å²) in [6.07, 6.45) is 1.43. The van der Waals surface area contributed by atoms with Crippen molar-refractivity contribution in [2.45, 2.75) is 0 Å². The number of nitro groups is 1. The van der Waals surface area contributed by atoms with Gasteiger partial charge in [-0.15, -0.1) is 0 Å². The van der Waals surface area contributed by atoms with E-state index in [2.05, 4.69) is 21.0 Å². The number of benzene rings is 1. The van der Waals surface area contributed by atoms with Gasteiger partial charge in [-0.3, -0.25) is 10.1 Å². The van der Waals surface area contributed by atoms with Crippen LogP contribution >= 0.6 is 15.9 Å². The SMILES string of the molecule is O=C(O)c1ccn(-c2ccc(Br)c([N+](=O)[O-])c2)n1. The molecule has 0 bridgehead atoms. The minimum absolute atomic E-state index is 0.111. The predicted molar refractivity (Wildman–Crippen MR) is 64.9 cm³/mol. The fourth-order valence-electron chi connectivity index (χ4n) is 1.37. The molecule has 1 aromatic heterocycles. The van der Waals surface area contributed by atoms with Crippen LogP contribution in [0.4, 0.5) is 5.69 Å². The van der Waals surface area contributed by atoms with Gasteiger partial charge in [-0.05, 0) is 34.1 Å². The summed E-state index contributed by atoms with van der Waals surface area (Å²) in [5.41, 5.74) is 0.179. The Hall–Kier alpha value is -2.22. The summed E-state index contributed by atoms with van der Waals surface area (Å²) < 4.78 is 1.62. The molecule has 2 aromatic rings. The Kier molecular flexibility index (Phi) is 3.11. The van der Waals surface area contributed by atoms with Crippen molar-refractivity contribution in [2.24, 2.45) is 0 Å². The van der Waals surface area contributed by atoms with Crippen LogP contribution in [0.1, 0.15) is 10.5 Å². The zero-order chi connectivity index (χ0) is 13.3. The van der Waals surface area contributed by atoms with Crippen molar-refractivity contribution in [3.63, 3.8) is 0 Å². The lowest BCUT2D eigenvalue weighted by Gasteiger charge is -2.02. The second kappa shape index (κ2) is 4.57. The van der Waals surface area contributed by atoms with Crippen LogP contribution in [0.15, 0.2) is 34.9 Å². The maximum absolute atomic E-state index is 10.8. The molecule has 0 amide bonds. The molecule has 0 fully saturated rings. The maximum Gasteiger partial charge on any atom is 0.356 e. The lowest BCUT2D eigenvalue weighted by Crippen LogP contribution is -2.01. The van der Waals surface area contributed by atoms with Gasteiger partial charge in [-0.2, -0.15) is 5.10 Å². The van der Waals surface area contributed by atoms with Crippen molar-refractivity contribution in [3.8, 4) is 5.69 Å². The molecule has 1 heterocycles. The molecule has 0 unspecified atom stereocenters. The third-order valence-electron chi connectivity index (χ3n) is 2.20. The van der Waals surface area contributed by atoms with Crippen molar-refractivity contribution in [2.75, 3.05) is 0 Å². The number of nitrogens with zero attached hydrogens (tertiary/aromatic N) is 3. The van der Waals surface area contributed by atoms with Gasteiger partial charge in [-0.25, -0.2) is 9.48 Å². The summed E-state index contributed by atoms with van der Waals surface area (Å²) in [6, 6.07) is 5.73. The van der Waals surface area contributed by atoms with Gasteiger partial charge < -0.3 is 5.11 Å². The lowest BCUT2D eigenvalue weighted by molar-refractivity contribution is -0.385. The van der Waals surface area contributed by atoms with E-state index < -0.39 is 10.9 Å². The molecular formula is C10H6BrN3O4. The van der Waals surface area contributed by atoms with Gasteiger partial charge in [0.2, 0.25) is 0 Å². The Morgan fingerprint density at radius 1 is 1.44 bits per heavy atom. The van der Waals surface area contributed by atoms with Gasteiger partial charge in [0.25, 0.3) is 5.69 Å². The van der Waals surface area contributed by atoms with E-state index >= 15 is 0 Å².